The second-order valence-corrected chi connectivity index (χ2v) is 5.31. The molecule has 106 valence electrons. The van der Waals surface area contributed by atoms with Crippen molar-refractivity contribution in [2.24, 2.45) is 0 Å². The van der Waals surface area contributed by atoms with E-state index in [-0.39, 0.29) is 5.78 Å². The SMILES string of the molecule is CCC(C)(C(=O)c1ccnn1-c1ccccc1)N(C)C. The van der Waals surface area contributed by atoms with Crippen molar-refractivity contribution in [2.45, 2.75) is 25.8 Å². The lowest BCUT2D eigenvalue weighted by molar-refractivity contribution is 0.0702. The topological polar surface area (TPSA) is 38.1 Å². The molecule has 1 heterocycles. The molecule has 1 aromatic carbocycles. The van der Waals surface area contributed by atoms with Crippen molar-refractivity contribution < 1.29 is 4.79 Å². The summed E-state index contributed by atoms with van der Waals surface area (Å²) in [6, 6.07) is 11.5. The molecule has 0 aliphatic carbocycles. The first kappa shape index (κ1) is 14.5. The van der Waals surface area contributed by atoms with Crippen LogP contribution in [0.1, 0.15) is 30.8 Å². The number of Topliss-reactive ketones (excluding diaryl/α,β-unsaturated/α-hetero) is 1. The largest absolute Gasteiger partial charge is 0.297 e. The molecule has 1 atom stereocenters. The van der Waals surface area contributed by atoms with Gasteiger partial charge in [-0.1, -0.05) is 25.1 Å². The monoisotopic (exact) mass is 271 g/mol. The van der Waals surface area contributed by atoms with Gasteiger partial charge in [0.05, 0.1) is 17.4 Å². The van der Waals surface area contributed by atoms with Gasteiger partial charge in [0.25, 0.3) is 0 Å². The Morgan fingerprint density at radius 2 is 1.90 bits per heavy atom. The highest BCUT2D eigenvalue weighted by molar-refractivity contribution is 6.02. The number of ketones is 1. The predicted molar refractivity (Wildman–Crippen MR) is 80.3 cm³/mol. The van der Waals surface area contributed by atoms with Gasteiger partial charge in [0.15, 0.2) is 0 Å². The number of hydrogen-bond acceptors (Lipinski definition) is 3. The molecule has 0 radical (unpaired) electrons. The van der Waals surface area contributed by atoms with Gasteiger partial charge in [0.1, 0.15) is 5.69 Å². The molecule has 0 saturated heterocycles. The van der Waals surface area contributed by atoms with Gasteiger partial charge in [0, 0.05) is 0 Å². The lowest BCUT2D eigenvalue weighted by atomic mass is 9.90. The zero-order chi connectivity index (χ0) is 14.8. The summed E-state index contributed by atoms with van der Waals surface area (Å²) in [5.41, 5.74) is 0.999. The number of hydrogen-bond donors (Lipinski definition) is 0. The van der Waals surface area contributed by atoms with E-state index < -0.39 is 5.54 Å². The Morgan fingerprint density at radius 1 is 1.25 bits per heavy atom. The summed E-state index contributed by atoms with van der Waals surface area (Å²) in [5, 5.41) is 4.29. The Hall–Kier alpha value is -1.94. The summed E-state index contributed by atoms with van der Waals surface area (Å²) in [6.07, 6.45) is 2.42. The number of aromatic nitrogens is 2. The van der Waals surface area contributed by atoms with Gasteiger partial charge in [0.2, 0.25) is 5.78 Å². The normalized spacial score (nSPS) is 14.2. The molecule has 0 bridgehead atoms. The third kappa shape index (κ3) is 2.39. The summed E-state index contributed by atoms with van der Waals surface area (Å²) in [6.45, 7) is 4.00. The maximum absolute atomic E-state index is 12.9. The Kier molecular flexibility index (Phi) is 4.04. The average Bonchev–Trinajstić information content (AvgIpc) is 2.95. The van der Waals surface area contributed by atoms with Crippen molar-refractivity contribution in [1.29, 1.82) is 0 Å². The first-order valence-electron chi connectivity index (χ1n) is 6.82. The fourth-order valence-electron chi connectivity index (χ4n) is 2.21. The van der Waals surface area contributed by atoms with Crippen LogP contribution in [0.5, 0.6) is 0 Å². The van der Waals surface area contributed by atoms with Crippen molar-refractivity contribution in [3.8, 4) is 5.69 Å². The highest BCUT2D eigenvalue weighted by atomic mass is 16.1. The third-order valence-electron chi connectivity index (χ3n) is 4.04. The Balaban J connectivity index is 2.45. The van der Waals surface area contributed by atoms with Crippen LogP contribution in [-0.4, -0.2) is 40.1 Å². The number of nitrogens with zero attached hydrogens (tertiary/aromatic N) is 3. The molecule has 1 aromatic heterocycles. The van der Waals surface area contributed by atoms with Crippen LogP contribution >= 0.6 is 0 Å². The third-order valence-corrected chi connectivity index (χ3v) is 4.04. The fraction of sp³-hybridized carbons (Fsp3) is 0.375. The van der Waals surface area contributed by atoms with Crippen LogP contribution in [0.2, 0.25) is 0 Å². The zero-order valence-corrected chi connectivity index (χ0v) is 12.5. The molecule has 0 amide bonds. The molecule has 2 aromatic rings. The lowest BCUT2D eigenvalue weighted by Crippen LogP contribution is -2.48. The standard InChI is InChI=1S/C16H21N3O/c1-5-16(2,18(3)4)15(20)14-11-12-17-19(14)13-9-7-6-8-10-13/h6-12H,5H2,1-4H3. The van der Waals surface area contributed by atoms with Crippen LogP contribution in [0.25, 0.3) is 5.69 Å². The number of likely N-dealkylation sites (N-methyl/N-ethyl adjacent to an activating group) is 1. The molecule has 2 rings (SSSR count). The van der Waals surface area contributed by atoms with Gasteiger partial charge in [-0.3, -0.25) is 9.69 Å². The van der Waals surface area contributed by atoms with E-state index in [9.17, 15) is 4.79 Å². The highest BCUT2D eigenvalue weighted by Gasteiger charge is 2.36. The minimum atomic E-state index is -0.521. The van der Waals surface area contributed by atoms with Crippen molar-refractivity contribution in [1.82, 2.24) is 14.7 Å². The first-order valence-corrected chi connectivity index (χ1v) is 6.82. The maximum atomic E-state index is 12.9. The molecule has 0 aliphatic rings. The van der Waals surface area contributed by atoms with E-state index in [1.165, 1.54) is 0 Å². The van der Waals surface area contributed by atoms with Crippen molar-refractivity contribution in [2.75, 3.05) is 14.1 Å². The van der Waals surface area contributed by atoms with E-state index >= 15 is 0 Å². The Morgan fingerprint density at radius 3 is 2.45 bits per heavy atom. The molecule has 4 nitrogen and oxygen atoms in total. The van der Waals surface area contributed by atoms with Gasteiger partial charge in [-0.15, -0.1) is 0 Å². The summed E-state index contributed by atoms with van der Waals surface area (Å²) < 4.78 is 1.71. The highest BCUT2D eigenvalue weighted by Crippen LogP contribution is 2.23. The lowest BCUT2D eigenvalue weighted by Gasteiger charge is -2.33. The van der Waals surface area contributed by atoms with E-state index in [2.05, 4.69) is 5.10 Å². The number of rotatable bonds is 5. The Bertz CT molecular complexity index is 589. The van der Waals surface area contributed by atoms with Crippen molar-refractivity contribution in [3.63, 3.8) is 0 Å². The van der Waals surface area contributed by atoms with E-state index in [1.54, 1.807) is 16.9 Å². The van der Waals surface area contributed by atoms with Crippen molar-refractivity contribution >= 4 is 5.78 Å². The number of carbonyl (C=O) groups excluding carboxylic acids is 1. The molecule has 20 heavy (non-hydrogen) atoms. The van der Waals surface area contributed by atoms with Crippen LogP contribution in [0.3, 0.4) is 0 Å². The molecule has 0 saturated carbocycles. The van der Waals surface area contributed by atoms with Crippen LogP contribution in [0.4, 0.5) is 0 Å². The van der Waals surface area contributed by atoms with Crippen molar-refractivity contribution in [3.05, 3.63) is 48.3 Å². The smallest absolute Gasteiger partial charge is 0.201 e. The number of benzene rings is 1. The average molecular weight is 271 g/mol. The quantitative estimate of drug-likeness (QED) is 0.785. The van der Waals surface area contributed by atoms with Crippen LogP contribution in [-0.2, 0) is 0 Å². The molecule has 0 fully saturated rings. The molecule has 0 N–H and O–H groups in total. The molecular formula is C16H21N3O. The maximum Gasteiger partial charge on any atom is 0.201 e. The zero-order valence-electron chi connectivity index (χ0n) is 12.5. The van der Waals surface area contributed by atoms with Crippen LogP contribution in [0, 0.1) is 0 Å². The minimum Gasteiger partial charge on any atom is -0.297 e. The first-order chi connectivity index (χ1) is 9.50. The summed E-state index contributed by atoms with van der Waals surface area (Å²) in [4.78, 5) is 14.9. The van der Waals surface area contributed by atoms with E-state index in [1.807, 2.05) is 63.2 Å². The predicted octanol–water partition coefficient (Wildman–Crippen LogP) is 2.79. The number of carbonyl (C=O) groups is 1. The Labute approximate surface area is 120 Å². The van der Waals surface area contributed by atoms with Crippen LogP contribution < -0.4 is 0 Å². The number of para-hydroxylation sites is 1. The van der Waals surface area contributed by atoms with Crippen LogP contribution in [0.15, 0.2) is 42.6 Å². The van der Waals surface area contributed by atoms with Gasteiger partial charge in [-0.25, -0.2) is 4.68 Å². The molecule has 1 unspecified atom stereocenters. The molecule has 4 heteroatoms. The minimum absolute atomic E-state index is 0.0892. The summed E-state index contributed by atoms with van der Waals surface area (Å²) >= 11 is 0. The molecule has 0 aliphatic heterocycles. The molecular weight excluding hydrogens is 250 g/mol. The summed E-state index contributed by atoms with van der Waals surface area (Å²) in [5.74, 6) is 0.0892. The van der Waals surface area contributed by atoms with E-state index in [0.717, 1.165) is 12.1 Å². The van der Waals surface area contributed by atoms with Gasteiger partial charge in [-0.2, -0.15) is 5.10 Å². The van der Waals surface area contributed by atoms with Gasteiger partial charge < -0.3 is 0 Å². The fourth-order valence-corrected chi connectivity index (χ4v) is 2.21. The second kappa shape index (κ2) is 5.59. The van der Waals surface area contributed by atoms with Gasteiger partial charge in [-0.05, 0) is 45.6 Å². The van der Waals surface area contributed by atoms with E-state index in [4.69, 9.17) is 0 Å². The molecule has 0 spiro atoms. The van der Waals surface area contributed by atoms with E-state index in [0.29, 0.717) is 5.69 Å². The van der Waals surface area contributed by atoms with Gasteiger partial charge >= 0.3 is 0 Å². The second-order valence-electron chi connectivity index (χ2n) is 5.31. The summed E-state index contributed by atoms with van der Waals surface area (Å²) in [7, 11) is 3.87.